The molecule has 0 radical (unpaired) electrons. The number of rotatable bonds is 2. The van der Waals surface area contributed by atoms with Gasteiger partial charge in [0.15, 0.2) is 0 Å². The lowest BCUT2D eigenvalue weighted by Gasteiger charge is -2.29. The van der Waals surface area contributed by atoms with E-state index in [2.05, 4.69) is 20.8 Å². The van der Waals surface area contributed by atoms with Gasteiger partial charge in [0.1, 0.15) is 0 Å². The van der Waals surface area contributed by atoms with Crippen molar-refractivity contribution in [1.82, 2.24) is 4.90 Å². The van der Waals surface area contributed by atoms with Gasteiger partial charge < -0.3 is 10.6 Å². The van der Waals surface area contributed by atoms with Gasteiger partial charge in [-0.2, -0.15) is 0 Å². The van der Waals surface area contributed by atoms with Crippen LogP contribution in [0, 0.1) is 11.3 Å². The smallest absolute Gasteiger partial charge is 0.223 e. The van der Waals surface area contributed by atoms with Crippen LogP contribution in [0.1, 0.15) is 46.5 Å². The first kappa shape index (κ1) is 13.5. The van der Waals surface area contributed by atoms with Crippen molar-refractivity contribution in [1.29, 1.82) is 0 Å². The molecule has 94 valence electrons. The SMILES string of the molecule is CC(C)(C)C1CCCN(C(=O)CCN)CC1. The molecule has 0 saturated carbocycles. The largest absolute Gasteiger partial charge is 0.343 e. The molecule has 16 heavy (non-hydrogen) atoms. The van der Waals surface area contributed by atoms with E-state index in [4.69, 9.17) is 5.73 Å². The van der Waals surface area contributed by atoms with Gasteiger partial charge >= 0.3 is 0 Å². The Balaban J connectivity index is 2.49. The number of carbonyl (C=O) groups is 1. The third-order valence-corrected chi connectivity index (χ3v) is 3.66. The Morgan fingerprint density at radius 2 is 2.00 bits per heavy atom. The van der Waals surface area contributed by atoms with Crippen molar-refractivity contribution in [2.24, 2.45) is 17.1 Å². The fourth-order valence-electron chi connectivity index (χ4n) is 2.49. The first-order valence-corrected chi connectivity index (χ1v) is 6.43. The van der Waals surface area contributed by atoms with Gasteiger partial charge in [0.25, 0.3) is 0 Å². The molecule has 1 fully saturated rings. The van der Waals surface area contributed by atoms with Crippen LogP contribution < -0.4 is 5.73 Å². The van der Waals surface area contributed by atoms with Crippen molar-refractivity contribution in [3.05, 3.63) is 0 Å². The van der Waals surface area contributed by atoms with Crippen molar-refractivity contribution < 1.29 is 4.79 Å². The number of likely N-dealkylation sites (tertiary alicyclic amines) is 1. The van der Waals surface area contributed by atoms with E-state index < -0.39 is 0 Å². The topological polar surface area (TPSA) is 46.3 Å². The number of hydrogen-bond donors (Lipinski definition) is 1. The monoisotopic (exact) mass is 226 g/mol. The molecule has 1 aliphatic rings. The second kappa shape index (κ2) is 5.67. The van der Waals surface area contributed by atoms with Crippen molar-refractivity contribution in [3.8, 4) is 0 Å². The zero-order chi connectivity index (χ0) is 12.2. The van der Waals surface area contributed by atoms with Gasteiger partial charge in [-0.1, -0.05) is 20.8 Å². The molecule has 1 aliphatic heterocycles. The number of nitrogens with zero attached hydrogens (tertiary/aromatic N) is 1. The van der Waals surface area contributed by atoms with Crippen LogP contribution in [0.25, 0.3) is 0 Å². The summed E-state index contributed by atoms with van der Waals surface area (Å²) >= 11 is 0. The van der Waals surface area contributed by atoms with E-state index in [1.807, 2.05) is 4.90 Å². The van der Waals surface area contributed by atoms with Crippen LogP contribution in [-0.4, -0.2) is 30.4 Å². The highest BCUT2D eigenvalue weighted by molar-refractivity contribution is 5.76. The van der Waals surface area contributed by atoms with Gasteiger partial charge in [0.05, 0.1) is 0 Å². The van der Waals surface area contributed by atoms with Crippen molar-refractivity contribution in [3.63, 3.8) is 0 Å². The summed E-state index contributed by atoms with van der Waals surface area (Å²) in [6.07, 6.45) is 4.02. The highest BCUT2D eigenvalue weighted by Gasteiger charge is 2.28. The summed E-state index contributed by atoms with van der Waals surface area (Å²) < 4.78 is 0. The quantitative estimate of drug-likeness (QED) is 0.783. The molecule has 1 rings (SSSR count). The molecule has 2 N–H and O–H groups in total. The van der Waals surface area contributed by atoms with Gasteiger partial charge in [-0.15, -0.1) is 0 Å². The minimum atomic E-state index is 0.233. The Bertz CT molecular complexity index is 233. The highest BCUT2D eigenvalue weighted by Crippen LogP contribution is 2.34. The van der Waals surface area contributed by atoms with Crippen molar-refractivity contribution >= 4 is 5.91 Å². The van der Waals surface area contributed by atoms with E-state index in [0.717, 1.165) is 31.8 Å². The van der Waals surface area contributed by atoms with Crippen molar-refractivity contribution in [2.75, 3.05) is 19.6 Å². The second-order valence-corrected chi connectivity index (χ2v) is 5.91. The molecule has 3 nitrogen and oxygen atoms in total. The van der Waals surface area contributed by atoms with E-state index in [1.165, 1.54) is 6.42 Å². The van der Waals surface area contributed by atoms with Crippen LogP contribution in [-0.2, 0) is 4.79 Å². The highest BCUT2D eigenvalue weighted by atomic mass is 16.2. The van der Waals surface area contributed by atoms with E-state index >= 15 is 0 Å². The third-order valence-electron chi connectivity index (χ3n) is 3.66. The summed E-state index contributed by atoms with van der Waals surface area (Å²) in [5.74, 6) is 0.972. The number of hydrogen-bond acceptors (Lipinski definition) is 2. The van der Waals surface area contributed by atoms with Crippen molar-refractivity contribution in [2.45, 2.75) is 46.5 Å². The second-order valence-electron chi connectivity index (χ2n) is 5.91. The fourth-order valence-corrected chi connectivity index (χ4v) is 2.49. The van der Waals surface area contributed by atoms with E-state index in [1.54, 1.807) is 0 Å². The molecule has 3 heteroatoms. The molecule has 0 aromatic carbocycles. The average Bonchev–Trinajstić information content (AvgIpc) is 2.41. The Kier molecular flexibility index (Phi) is 4.78. The Morgan fingerprint density at radius 1 is 1.31 bits per heavy atom. The standard InChI is InChI=1S/C13H26N2O/c1-13(2,3)11-5-4-9-15(10-7-11)12(16)6-8-14/h11H,4-10,14H2,1-3H3. The summed E-state index contributed by atoms with van der Waals surface area (Å²) in [6, 6.07) is 0. The molecule has 0 aromatic rings. The van der Waals surface area contributed by atoms with Crippen LogP contribution in [0.15, 0.2) is 0 Å². The number of nitrogens with two attached hydrogens (primary N) is 1. The summed E-state index contributed by atoms with van der Waals surface area (Å²) in [5.41, 5.74) is 5.79. The molecule has 1 atom stereocenters. The van der Waals surface area contributed by atoms with E-state index in [0.29, 0.717) is 18.4 Å². The first-order chi connectivity index (χ1) is 7.45. The summed E-state index contributed by atoms with van der Waals surface area (Å²) in [4.78, 5) is 13.8. The van der Waals surface area contributed by atoms with E-state index in [9.17, 15) is 4.79 Å². The minimum Gasteiger partial charge on any atom is -0.343 e. The van der Waals surface area contributed by atoms with Gasteiger partial charge in [0, 0.05) is 26.1 Å². The third kappa shape index (κ3) is 3.78. The van der Waals surface area contributed by atoms with Gasteiger partial charge in [0.2, 0.25) is 5.91 Å². The molecule has 0 aromatic heterocycles. The molecular formula is C13H26N2O. The maximum atomic E-state index is 11.8. The summed E-state index contributed by atoms with van der Waals surface area (Å²) in [6.45, 7) is 9.21. The Hall–Kier alpha value is -0.570. The van der Waals surface area contributed by atoms with Crippen LogP contribution in [0.3, 0.4) is 0 Å². The van der Waals surface area contributed by atoms with Crippen LogP contribution >= 0.6 is 0 Å². The molecule has 0 bridgehead atoms. The molecule has 1 amide bonds. The molecule has 1 saturated heterocycles. The summed E-state index contributed by atoms with van der Waals surface area (Å²) in [5, 5.41) is 0. The molecule has 1 heterocycles. The molecule has 0 spiro atoms. The van der Waals surface area contributed by atoms with Crippen LogP contribution in [0.4, 0.5) is 0 Å². The number of carbonyl (C=O) groups excluding carboxylic acids is 1. The normalized spacial score (nSPS) is 23.0. The van der Waals surface area contributed by atoms with Gasteiger partial charge in [-0.3, -0.25) is 4.79 Å². The predicted octanol–water partition coefficient (Wildman–Crippen LogP) is 2.01. The first-order valence-electron chi connectivity index (χ1n) is 6.43. The molecule has 0 aliphatic carbocycles. The lowest BCUT2D eigenvalue weighted by atomic mass is 9.77. The minimum absolute atomic E-state index is 0.233. The summed E-state index contributed by atoms with van der Waals surface area (Å²) in [7, 11) is 0. The zero-order valence-corrected chi connectivity index (χ0v) is 11.0. The Labute approximate surface area is 99.4 Å². The number of amides is 1. The predicted molar refractivity (Wildman–Crippen MR) is 67.0 cm³/mol. The lowest BCUT2D eigenvalue weighted by molar-refractivity contribution is -0.131. The molecule has 1 unspecified atom stereocenters. The molecular weight excluding hydrogens is 200 g/mol. The van der Waals surface area contributed by atoms with Crippen LogP contribution in [0.2, 0.25) is 0 Å². The maximum Gasteiger partial charge on any atom is 0.223 e. The fraction of sp³-hybridized carbons (Fsp3) is 0.923. The maximum absolute atomic E-state index is 11.8. The van der Waals surface area contributed by atoms with E-state index in [-0.39, 0.29) is 5.91 Å². The van der Waals surface area contributed by atoms with Crippen LogP contribution in [0.5, 0.6) is 0 Å². The lowest BCUT2D eigenvalue weighted by Crippen LogP contribution is -2.33. The average molecular weight is 226 g/mol. The Morgan fingerprint density at radius 3 is 2.56 bits per heavy atom. The van der Waals surface area contributed by atoms with Gasteiger partial charge in [-0.25, -0.2) is 0 Å². The van der Waals surface area contributed by atoms with Gasteiger partial charge in [-0.05, 0) is 30.6 Å². The zero-order valence-electron chi connectivity index (χ0n) is 11.0.